The summed E-state index contributed by atoms with van der Waals surface area (Å²) in [6, 6.07) is 50.3. The molecule has 4 unspecified atom stereocenters. The molecule has 0 amide bonds. The zero-order chi connectivity index (χ0) is 54.1. The molecule has 10 nitrogen and oxygen atoms in total. The standard InChI is InChI=1S/C67H84O10/c1-9-11-13-39-68-61(43-72-57-31-19-51(20-32-57)66(5,6)53-23-35-59(36-24-53)74-45-63-47-76-63)41-70-55-27-15-49(16-28-55)65(3,4)50-17-29-56(30-18-50)71-42-62(69-40-14-12-10-2)44-73-58-33-21-52(22-34-58)67(7,8)54-25-37-60(38-26-54)75-46-64-48-77-64/h15-38,61-64H,9-14,39-48H2,1-8H3. The summed E-state index contributed by atoms with van der Waals surface area (Å²) in [5, 5.41) is 0. The van der Waals surface area contributed by atoms with Crippen LogP contribution in [0.4, 0.5) is 0 Å². The molecule has 0 aliphatic carbocycles. The highest BCUT2D eigenvalue weighted by Crippen LogP contribution is 2.37. The van der Waals surface area contributed by atoms with E-state index in [0.717, 1.165) is 86.2 Å². The number of hydrogen-bond acceptors (Lipinski definition) is 10. The second-order valence-electron chi connectivity index (χ2n) is 22.2. The van der Waals surface area contributed by atoms with Crippen molar-refractivity contribution in [3.63, 3.8) is 0 Å². The van der Waals surface area contributed by atoms with Gasteiger partial charge >= 0.3 is 0 Å². The van der Waals surface area contributed by atoms with Crippen molar-refractivity contribution in [3.05, 3.63) is 179 Å². The van der Waals surface area contributed by atoms with Crippen molar-refractivity contribution < 1.29 is 47.4 Å². The van der Waals surface area contributed by atoms with Gasteiger partial charge in [0.1, 0.15) is 98.6 Å². The van der Waals surface area contributed by atoms with Crippen LogP contribution >= 0.6 is 0 Å². The molecule has 2 fully saturated rings. The Kier molecular flexibility index (Phi) is 20.4. The van der Waals surface area contributed by atoms with Crippen LogP contribution in [0.25, 0.3) is 0 Å². The van der Waals surface area contributed by atoms with E-state index in [0.29, 0.717) is 52.9 Å². The molecule has 0 radical (unpaired) electrons. The highest BCUT2D eigenvalue weighted by molar-refractivity contribution is 5.45. The minimum absolute atomic E-state index is 0.197. The Bertz CT molecular complexity index is 2450. The maximum atomic E-state index is 6.36. The lowest BCUT2D eigenvalue weighted by Crippen LogP contribution is -2.29. The van der Waals surface area contributed by atoms with Crippen molar-refractivity contribution in [1.29, 1.82) is 0 Å². The number of hydrogen-bond donors (Lipinski definition) is 0. The molecule has 0 saturated carbocycles. The van der Waals surface area contributed by atoms with E-state index in [1.165, 1.54) is 33.4 Å². The summed E-state index contributed by atoms with van der Waals surface area (Å²) in [5.41, 5.74) is 6.53. The van der Waals surface area contributed by atoms with Gasteiger partial charge < -0.3 is 47.4 Å². The first kappa shape index (κ1) is 57.1. The minimum atomic E-state index is -0.264. The first-order valence-electron chi connectivity index (χ1n) is 28.2. The quantitative estimate of drug-likeness (QED) is 0.0287. The first-order valence-corrected chi connectivity index (χ1v) is 28.2. The second-order valence-corrected chi connectivity index (χ2v) is 22.2. The lowest BCUT2D eigenvalue weighted by atomic mass is 9.78. The van der Waals surface area contributed by atoms with E-state index in [1.54, 1.807) is 0 Å². The molecule has 4 atom stereocenters. The maximum absolute atomic E-state index is 6.36. The number of unbranched alkanes of at least 4 members (excludes halogenated alkanes) is 4. The van der Waals surface area contributed by atoms with E-state index in [-0.39, 0.29) is 40.7 Å². The van der Waals surface area contributed by atoms with Crippen molar-refractivity contribution in [2.75, 3.05) is 66.1 Å². The van der Waals surface area contributed by atoms with E-state index in [2.05, 4.69) is 152 Å². The minimum Gasteiger partial charge on any atom is -0.491 e. The SMILES string of the molecule is CCCCCOC(COc1ccc(C(C)(C)c2ccc(OCC(COc3ccc(C(C)(C)c4ccc(OCC5CO5)cc4)cc3)OCCCCC)cc2)cc1)COc1ccc(C(C)(C)c2ccc(OCC3CO3)cc2)cc1. The molecule has 0 spiro atoms. The van der Waals surface area contributed by atoms with Gasteiger partial charge in [0.25, 0.3) is 0 Å². The van der Waals surface area contributed by atoms with E-state index >= 15 is 0 Å². The van der Waals surface area contributed by atoms with E-state index < -0.39 is 0 Å². The third kappa shape index (κ3) is 17.0. The Labute approximate surface area is 459 Å². The number of rotatable bonds is 34. The first-order chi connectivity index (χ1) is 37.3. The van der Waals surface area contributed by atoms with E-state index in [9.17, 15) is 0 Å². The van der Waals surface area contributed by atoms with Crippen molar-refractivity contribution in [2.24, 2.45) is 0 Å². The van der Waals surface area contributed by atoms with Crippen LogP contribution in [0, 0.1) is 0 Å². The van der Waals surface area contributed by atoms with Gasteiger partial charge in [-0.25, -0.2) is 0 Å². The number of ether oxygens (including phenoxy) is 10. The van der Waals surface area contributed by atoms with Gasteiger partial charge in [0.15, 0.2) is 0 Å². The summed E-state index contributed by atoms with van der Waals surface area (Å²) < 4.78 is 60.3. The Balaban J connectivity index is 0.807. The van der Waals surface area contributed by atoms with Crippen LogP contribution in [-0.4, -0.2) is 90.5 Å². The van der Waals surface area contributed by atoms with Gasteiger partial charge in [0, 0.05) is 29.5 Å². The largest absolute Gasteiger partial charge is 0.491 e. The van der Waals surface area contributed by atoms with Crippen LogP contribution < -0.4 is 28.4 Å². The van der Waals surface area contributed by atoms with Gasteiger partial charge in [-0.1, -0.05) is 154 Å². The van der Waals surface area contributed by atoms with Crippen LogP contribution in [0.1, 0.15) is 127 Å². The second kappa shape index (κ2) is 27.5. The topological polar surface area (TPSA) is 98.9 Å². The molecule has 0 bridgehead atoms. The summed E-state index contributed by atoms with van der Waals surface area (Å²) in [6.07, 6.45) is 6.51. The Hall–Kier alpha value is -6.04. The normalized spacial score (nSPS) is 16.1. The summed E-state index contributed by atoms with van der Waals surface area (Å²) in [5.74, 6) is 4.91. The molecule has 2 saturated heterocycles. The fourth-order valence-corrected chi connectivity index (χ4v) is 9.26. The molecule has 2 aliphatic heterocycles. The summed E-state index contributed by atoms with van der Waals surface area (Å²) in [4.78, 5) is 0. The van der Waals surface area contributed by atoms with Gasteiger partial charge in [0.2, 0.25) is 0 Å². The fraction of sp³-hybridized carbons (Fsp3) is 0.463. The van der Waals surface area contributed by atoms with Crippen LogP contribution in [0.5, 0.6) is 34.5 Å². The van der Waals surface area contributed by atoms with Gasteiger partial charge in [-0.15, -0.1) is 0 Å². The predicted molar refractivity (Wildman–Crippen MR) is 306 cm³/mol. The van der Waals surface area contributed by atoms with Crippen LogP contribution in [0.2, 0.25) is 0 Å². The van der Waals surface area contributed by atoms with Crippen molar-refractivity contribution in [2.45, 2.75) is 135 Å². The summed E-state index contributed by atoms with van der Waals surface area (Å²) in [6.45, 7) is 23.5. The lowest BCUT2D eigenvalue weighted by molar-refractivity contribution is -0.00870. The zero-order valence-electron chi connectivity index (χ0n) is 47.1. The molecule has 2 heterocycles. The van der Waals surface area contributed by atoms with Crippen molar-refractivity contribution >= 4 is 0 Å². The van der Waals surface area contributed by atoms with Gasteiger partial charge in [0.05, 0.1) is 13.2 Å². The molecule has 6 aromatic rings. The van der Waals surface area contributed by atoms with Crippen LogP contribution in [0.15, 0.2) is 146 Å². The lowest BCUT2D eigenvalue weighted by Gasteiger charge is -2.27. The summed E-state index contributed by atoms with van der Waals surface area (Å²) >= 11 is 0. The highest BCUT2D eigenvalue weighted by atomic mass is 16.6. The molecule has 8 rings (SSSR count). The zero-order valence-corrected chi connectivity index (χ0v) is 47.1. The molecule has 10 heteroatoms. The highest BCUT2D eigenvalue weighted by Gasteiger charge is 2.28. The molecule has 6 aromatic carbocycles. The molecule has 2 aliphatic rings. The third-order valence-corrected chi connectivity index (χ3v) is 15.1. The average Bonchev–Trinajstić information content (AvgIpc) is 4.41. The maximum Gasteiger partial charge on any atom is 0.125 e. The van der Waals surface area contributed by atoms with E-state index in [1.807, 2.05) is 48.5 Å². The van der Waals surface area contributed by atoms with Crippen LogP contribution in [0.3, 0.4) is 0 Å². The monoisotopic (exact) mass is 1050 g/mol. The molecular formula is C67H84O10. The number of epoxide rings is 2. The predicted octanol–water partition coefficient (Wildman–Crippen LogP) is 14.3. The third-order valence-electron chi connectivity index (χ3n) is 15.1. The van der Waals surface area contributed by atoms with Crippen molar-refractivity contribution in [3.8, 4) is 34.5 Å². The molecule has 412 valence electrons. The van der Waals surface area contributed by atoms with Gasteiger partial charge in [-0.05, 0) is 119 Å². The Morgan fingerprint density at radius 3 is 0.779 bits per heavy atom. The van der Waals surface area contributed by atoms with Gasteiger partial charge in [-0.3, -0.25) is 0 Å². The van der Waals surface area contributed by atoms with Crippen LogP contribution in [-0.2, 0) is 35.2 Å². The fourth-order valence-electron chi connectivity index (χ4n) is 9.26. The van der Waals surface area contributed by atoms with Crippen molar-refractivity contribution in [1.82, 2.24) is 0 Å². The smallest absolute Gasteiger partial charge is 0.125 e. The molecule has 0 aromatic heterocycles. The van der Waals surface area contributed by atoms with Gasteiger partial charge in [-0.2, -0.15) is 0 Å². The number of benzene rings is 6. The molecular weight excluding hydrogens is 965 g/mol. The average molecular weight is 1050 g/mol. The Morgan fingerprint density at radius 1 is 0.351 bits per heavy atom. The summed E-state index contributed by atoms with van der Waals surface area (Å²) in [7, 11) is 0. The Morgan fingerprint density at radius 2 is 0.571 bits per heavy atom. The van der Waals surface area contributed by atoms with E-state index in [4.69, 9.17) is 47.4 Å². The molecule has 0 N–H and O–H groups in total. The molecule has 77 heavy (non-hydrogen) atoms.